The van der Waals surface area contributed by atoms with Crippen LogP contribution < -0.4 is 16.0 Å². The number of ether oxygens (including phenoxy) is 23. The number of hydrogen-bond acceptors (Lipinski definition) is 57. The van der Waals surface area contributed by atoms with Crippen molar-refractivity contribution in [2.24, 2.45) is 0 Å². The number of nitrogens with one attached hydrogen (secondary N) is 3. The standard InChI is InChI=1S/C78H131N3O57/c1-16-34(93)42(101)49(108)71(116-16)129-59-30(15-89)127-70(33(81-22(7)92)62(59)134-78-66(46(105)38(97)23(8-82)124-78)138-74-52(111)45(104)37(96)19(4)119-74)137-65-41(100)26(11-85)123-77(55(65)114)131-58-29(14-88)126-69(32(80-21(6)91)61(58)133-73-51(110)44(103)36(95)18(3)118-73)136-64-40(99)25(10-84)122-76(54(64)113)130-57-28(13-87)125-68(31(79-20(5)90)60(57)132-72-50(109)43(102)35(94)17(2)117-72)135-63-39(98)24(9-83)121-75(53(63)112)128-56-27(12-86)120-67(115)48(107)47(56)106/h16-19,23-78,82-89,93-115H,8-15H2,1-7H3,(H,79,90)(H,80,91)(H,81,92)/t16-,17-,18-,19-,23+,24+,25+,26+,27+,28+,29+,30+,31+,32+,33+,34+,35+,36+,37+,38-,39-,40-,41-,42+,43+,44+,45+,46-,47+,48+,49-,50-,51-,52-,53+,54+,55+,56+,57+,58+,59+,60+,61+,62+,63-,64-,65-,66+,67+,68-,69-,70-,71-,72-,73-,74-,75-,76-,77-,78-/m0/s1. The minimum atomic E-state index is -2.61. The van der Waals surface area contributed by atoms with Crippen molar-refractivity contribution >= 4 is 17.7 Å². The third-order valence-electron chi connectivity index (χ3n) is 26.2. The van der Waals surface area contributed by atoms with Crippen LogP contribution in [0.15, 0.2) is 0 Å². The molecule has 0 radical (unpaired) electrons. The van der Waals surface area contributed by atoms with Crippen LogP contribution in [0.2, 0.25) is 0 Å². The molecule has 138 heavy (non-hydrogen) atoms. The van der Waals surface area contributed by atoms with Crippen LogP contribution in [0.5, 0.6) is 0 Å². The van der Waals surface area contributed by atoms with Crippen molar-refractivity contribution in [3.8, 4) is 0 Å². The maximum Gasteiger partial charge on any atom is 0.217 e. The van der Waals surface area contributed by atoms with E-state index in [1.54, 1.807) is 0 Å². The van der Waals surface area contributed by atoms with Crippen LogP contribution in [-0.4, -0.2) is 597 Å². The van der Waals surface area contributed by atoms with Gasteiger partial charge in [-0.3, -0.25) is 14.4 Å². The monoisotopic (exact) mass is 2020 g/mol. The lowest BCUT2D eigenvalue weighted by atomic mass is 9.93. The summed E-state index contributed by atoms with van der Waals surface area (Å²) in [6.07, 6.45) is -120. The van der Waals surface area contributed by atoms with E-state index < -0.39 is 439 Å². The Labute approximate surface area is 782 Å². The highest BCUT2D eigenvalue weighted by atomic mass is 16.8. The summed E-state index contributed by atoms with van der Waals surface area (Å²) in [5.74, 6) is -3.19. The molecule has 60 nitrogen and oxygen atoms in total. The lowest BCUT2D eigenvalue weighted by Gasteiger charge is -2.53. The minimum absolute atomic E-state index is 0.871. The van der Waals surface area contributed by atoms with Crippen molar-refractivity contribution in [3.05, 3.63) is 0 Å². The third-order valence-corrected chi connectivity index (χ3v) is 26.2. The normalized spacial score (nSPS) is 52.1. The van der Waals surface area contributed by atoms with Crippen molar-refractivity contribution in [1.82, 2.24) is 16.0 Å². The Hall–Kier alpha value is -3.75. The maximum atomic E-state index is 13.9. The van der Waals surface area contributed by atoms with Crippen molar-refractivity contribution < 1.29 is 282 Å². The molecule has 800 valence electrons. The molecule has 12 heterocycles. The first-order chi connectivity index (χ1) is 65.2. The lowest BCUT2D eigenvalue weighted by molar-refractivity contribution is -0.405. The van der Waals surface area contributed by atoms with Gasteiger partial charge in [-0.2, -0.15) is 0 Å². The van der Waals surface area contributed by atoms with E-state index in [2.05, 4.69) is 16.0 Å². The van der Waals surface area contributed by atoms with Crippen molar-refractivity contribution in [1.29, 1.82) is 0 Å². The zero-order chi connectivity index (χ0) is 101. The van der Waals surface area contributed by atoms with E-state index >= 15 is 0 Å². The average Bonchev–Trinajstić information content (AvgIpc) is 0.752. The van der Waals surface area contributed by atoms with E-state index in [1.807, 2.05) is 0 Å². The molecule has 12 fully saturated rings. The van der Waals surface area contributed by atoms with Gasteiger partial charge in [0.1, 0.15) is 268 Å². The number of aliphatic hydroxyl groups is 31. The molecule has 12 aliphatic rings. The lowest BCUT2D eigenvalue weighted by Crippen LogP contribution is -2.72. The third kappa shape index (κ3) is 24.0. The van der Waals surface area contributed by atoms with Gasteiger partial charge in [0.05, 0.1) is 77.3 Å². The van der Waals surface area contributed by atoms with Gasteiger partial charge in [-0.15, -0.1) is 0 Å². The number of hydrogen-bond donors (Lipinski definition) is 34. The van der Waals surface area contributed by atoms with Crippen LogP contribution in [0, 0.1) is 0 Å². The van der Waals surface area contributed by atoms with Gasteiger partial charge in [0.15, 0.2) is 75.5 Å². The molecular formula is C78H131N3O57. The Bertz CT molecular complexity index is 3790. The number of carbonyl (C=O) groups is 3. The molecule has 0 aromatic rings. The second kappa shape index (κ2) is 48.5. The predicted molar refractivity (Wildman–Crippen MR) is 424 cm³/mol. The fourth-order valence-corrected chi connectivity index (χ4v) is 18.4. The van der Waals surface area contributed by atoms with Crippen LogP contribution in [0.1, 0.15) is 48.5 Å². The van der Waals surface area contributed by atoms with Crippen LogP contribution in [0.3, 0.4) is 0 Å². The fraction of sp³-hybridized carbons (Fsp3) is 0.962. The highest BCUT2D eigenvalue weighted by Crippen LogP contribution is 2.44. The zero-order valence-corrected chi connectivity index (χ0v) is 74.8. The van der Waals surface area contributed by atoms with E-state index in [-0.39, 0.29) is 0 Å². The number of amides is 3. The molecule has 0 saturated carbocycles. The summed E-state index contributed by atoms with van der Waals surface area (Å²) in [7, 11) is 0. The van der Waals surface area contributed by atoms with Crippen molar-refractivity contribution in [2.75, 3.05) is 52.9 Å². The molecular weight excluding hydrogens is 1890 g/mol. The van der Waals surface area contributed by atoms with Gasteiger partial charge in [-0.25, -0.2) is 0 Å². The van der Waals surface area contributed by atoms with Crippen molar-refractivity contribution in [2.45, 2.75) is 417 Å². The largest absolute Gasteiger partial charge is 0.394 e. The molecule has 0 spiro atoms. The zero-order valence-electron chi connectivity index (χ0n) is 74.8. The first-order valence-corrected chi connectivity index (χ1v) is 44.6. The molecule has 0 aromatic carbocycles. The Kier molecular flexibility index (Phi) is 39.7. The molecule has 34 N–H and O–H groups in total. The van der Waals surface area contributed by atoms with Gasteiger partial charge >= 0.3 is 0 Å². The summed E-state index contributed by atoms with van der Waals surface area (Å²) in [5, 5.41) is 357. The van der Waals surface area contributed by atoms with Gasteiger partial charge in [0, 0.05) is 20.8 Å². The van der Waals surface area contributed by atoms with Gasteiger partial charge in [-0.05, 0) is 27.7 Å². The van der Waals surface area contributed by atoms with Crippen LogP contribution in [0.4, 0.5) is 0 Å². The highest BCUT2D eigenvalue weighted by Gasteiger charge is 2.65. The average molecular weight is 2020 g/mol. The molecule has 60 heteroatoms. The number of rotatable bonds is 33. The molecule has 12 aliphatic heterocycles. The van der Waals surface area contributed by atoms with E-state index in [9.17, 15) is 173 Å². The number of carbonyl (C=O) groups excluding carboxylic acids is 3. The van der Waals surface area contributed by atoms with Gasteiger partial charge in [-0.1, -0.05) is 0 Å². The first-order valence-electron chi connectivity index (χ1n) is 44.6. The number of aliphatic hydroxyl groups excluding tert-OH is 31. The summed E-state index contributed by atoms with van der Waals surface area (Å²) >= 11 is 0. The van der Waals surface area contributed by atoms with Crippen LogP contribution in [-0.2, 0) is 123 Å². The molecule has 0 bridgehead atoms. The molecule has 12 saturated heterocycles. The van der Waals surface area contributed by atoms with Crippen LogP contribution in [0.25, 0.3) is 0 Å². The Morgan fingerprint density at radius 2 is 0.391 bits per heavy atom. The SMILES string of the molecule is CC(=O)N[C@H]1[C@H](O[C@H]2[C@@H](O)[C@@H](CO)O[C@@H](O[C@H]3[C@H](O[C@@H]4O[C@@H](C)[C@@H](O)[C@@H](O)[C@@H]4O)[C@@H](NC(C)=O)[C@H](O[C@H]4[C@@H](O)[C@@H](CO)O[C@@H](O[C@H]5[C@H](O[C@@H]6O[C@@H](C)[C@@H](O)[C@@H](O)[C@@H]6O)[C@@H](NC(C)=O)[C@H](O[C@H]6[C@@H](O)[C@@H](CO)O[C@@H](O[C@H]7[C@H](O)[C@@H](O)[C@H](O)O[C@@H]7CO)[C@@H]6O)O[C@@H]5CO)[C@@H]4O)O[C@@H]3CO)[C@@H]2O)O[C@H](CO)[C@@H](O[C@@H]2O[C@@H](C)[C@@H](O)[C@@H](O)[C@@H]2O)[C@@H]1O[C@@H]1O[C@H](CO)[C@H](O)[C@H](O)[C@H]1O[C@@H]1O[C@@H](C)[C@@H](O)[C@@H](O)[C@@H]1O. The molecule has 0 aliphatic carbocycles. The summed E-state index contributed by atoms with van der Waals surface area (Å²) in [5.41, 5.74) is 0. The quantitative estimate of drug-likeness (QED) is 0.0290. The molecule has 3 amide bonds. The second-order valence-corrected chi connectivity index (χ2v) is 35.7. The minimum Gasteiger partial charge on any atom is -0.394 e. The fourth-order valence-electron chi connectivity index (χ4n) is 18.4. The van der Waals surface area contributed by atoms with E-state index in [1.165, 1.54) is 27.7 Å². The topological polar surface area (TPSA) is 927 Å². The molecule has 60 atom stereocenters. The Balaban J connectivity index is 0.872. The maximum absolute atomic E-state index is 13.9. The van der Waals surface area contributed by atoms with E-state index in [0.717, 1.165) is 20.8 Å². The summed E-state index contributed by atoms with van der Waals surface area (Å²) < 4.78 is 140. The first kappa shape index (κ1) is 113. The highest BCUT2D eigenvalue weighted by molar-refractivity contribution is 5.74. The van der Waals surface area contributed by atoms with E-state index in [0.29, 0.717) is 0 Å². The van der Waals surface area contributed by atoms with Gasteiger partial charge < -0.3 is 283 Å². The molecule has 12 rings (SSSR count). The predicted octanol–water partition coefficient (Wildman–Crippen LogP) is -22.6. The van der Waals surface area contributed by atoms with Crippen molar-refractivity contribution in [3.63, 3.8) is 0 Å². The van der Waals surface area contributed by atoms with E-state index in [4.69, 9.17) is 109 Å². The van der Waals surface area contributed by atoms with Gasteiger partial charge in [0.2, 0.25) is 17.7 Å². The Morgan fingerprint density at radius 3 is 0.659 bits per heavy atom. The smallest absolute Gasteiger partial charge is 0.217 e. The van der Waals surface area contributed by atoms with Crippen LogP contribution >= 0.6 is 0 Å². The Morgan fingerprint density at radius 1 is 0.188 bits per heavy atom. The second-order valence-electron chi connectivity index (χ2n) is 35.7. The summed E-state index contributed by atoms with van der Waals surface area (Å²) in [6.45, 7) is -2.21. The molecule has 0 unspecified atom stereocenters. The summed E-state index contributed by atoms with van der Waals surface area (Å²) in [4.78, 5) is 41.3. The summed E-state index contributed by atoms with van der Waals surface area (Å²) in [6, 6.07) is -6.39. The van der Waals surface area contributed by atoms with Gasteiger partial charge in [0.25, 0.3) is 0 Å². The molecule has 0 aromatic heterocycles.